The van der Waals surface area contributed by atoms with Crippen molar-refractivity contribution in [1.29, 1.82) is 0 Å². The van der Waals surface area contributed by atoms with E-state index in [0.717, 1.165) is 25.4 Å². The molecule has 3 rings (SSSR count). The van der Waals surface area contributed by atoms with Gasteiger partial charge < -0.3 is 10.2 Å². The van der Waals surface area contributed by atoms with Crippen molar-refractivity contribution in [3.63, 3.8) is 0 Å². The summed E-state index contributed by atoms with van der Waals surface area (Å²) in [6.07, 6.45) is 6.52. The van der Waals surface area contributed by atoms with E-state index in [2.05, 4.69) is 5.32 Å². The Labute approximate surface area is 152 Å². The number of amides is 2. The summed E-state index contributed by atoms with van der Waals surface area (Å²) in [5.41, 5.74) is 0.300. The first-order valence-corrected chi connectivity index (χ1v) is 9.35. The molecule has 2 aliphatic rings. The van der Waals surface area contributed by atoms with E-state index in [0.29, 0.717) is 11.5 Å². The summed E-state index contributed by atoms with van der Waals surface area (Å²) in [4.78, 5) is 36.6. The van der Waals surface area contributed by atoms with Crippen LogP contribution in [0, 0.1) is 22.0 Å². The summed E-state index contributed by atoms with van der Waals surface area (Å²) in [6, 6.07) is 5.44. The minimum absolute atomic E-state index is 0.0529. The van der Waals surface area contributed by atoms with Gasteiger partial charge in [-0.2, -0.15) is 0 Å². The second-order valence-electron chi connectivity index (χ2n) is 7.24. The number of fused-ring (bicyclic) bond motifs is 1. The number of nitrogens with zero attached hydrogens (tertiary/aromatic N) is 2. The standard InChI is InChI=1S/C19H25N3O4/c23-18(21-12-10-14-3-1-2-4-16(14)13-21)9-11-20-19(24)15-5-7-17(8-6-15)22(25)26/h5-8,14,16H,1-4,9-13H2,(H,20,24)/t14-,16-/m1/s1. The Balaban J connectivity index is 1.43. The Bertz CT molecular complexity index is 674. The van der Waals surface area contributed by atoms with Crippen LogP contribution in [-0.4, -0.2) is 41.3 Å². The third-order valence-electron chi connectivity index (χ3n) is 5.61. The zero-order valence-electron chi connectivity index (χ0n) is 14.9. The molecule has 26 heavy (non-hydrogen) atoms. The molecule has 1 heterocycles. The van der Waals surface area contributed by atoms with Gasteiger partial charge in [0.15, 0.2) is 0 Å². The predicted molar refractivity (Wildman–Crippen MR) is 96.7 cm³/mol. The lowest BCUT2D eigenvalue weighted by atomic mass is 9.75. The third-order valence-corrected chi connectivity index (χ3v) is 5.61. The largest absolute Gasteiger partial charge is 0.352 e. The van der Waals surface area contributed by atoms with Crippen LogP contribution in [0.1, 0.15) is 48.9 Å². The van der Waals surface area contributed by atoms with Gasteiger partial charge in [-0.05, 0) is 36.8 Å². The third kappa shape index (κ3) is 4.39. The fourth-order valence-electron chi connectivity index (χ4n) is 4.11. The van der Waals surface area contributed by atoms with Crippen molar-refractivity contribution in [2.24, 2.45) is 11.8 Å². The van der Waals surface area contributed by atoms with Crippen molar-refractivity contribution in [2.45, 2.75) is 38.5 Å². The molecule has 1 aromatic rings. The molecule has 1 N–H and O–H groups in total. The van der Waals surface area contributed by atoms with Crippen LogP contribution in [0.5, 0.6) is 0 Å². The number of piperidine rings is 1. The van der Waals surface area contributed by atoms with Crippen molar-refractivity contribution in [1.82, 2.24) is 10.2 Å². The Kier molecular flexibility index (Phi) is 5.85. The molecule has 0 radical (unpaired) electrons. The molecule has 7 nitrogen and oxygen atoms in total. The summed E-state index contributed by atoms with van der Waals surface area (Å²) in [6.45, 7) is 1.97. The molecule has 0 unspecified atom stereocenters. The average Bonchev–Trinajstić information content (AvgIpc) is 2.67. The van der Waals surface area contributed by atoms with Crippen molar-refractivity contribution < 1.29 is 14.5 Å². The number of nitro groups is 1. The van der Waals surface area contributed by atoms with Crippen LogP contribution in [0.15, 0.2) is 24.3 Å². The molecule has 2 atom stereocenters. The van der Waals surface area contributed by atoms with E-state index in [-0.39, 0.29) is 30.5 Å². The second kappa shape index (κ2) is 8.29. The van der Waals surface area contributed by atoms with Gasteiger partial charge in [0.1, 0.15) is 0 Å². The Morgan fingerprint density at radius 2 is 1.81 bits per heavy atom. The molecular weight excluding hydrogens is 334 g/mol. The maximum Gasteiger partial charge on any atom is 0.269 e. The van der Waals surface area contributed by atoms with Crippen LogP contribution >= 0.6 is 0 Å². The number of carbonyl (C=O) groups excluding carboxylic acids is 2. The molecule has 1 saturated carbocycles. The topological polar surface area (TPSA) is 92.6 Å². The molecule has 1 saturated heterocycles. The number of rotatable bonds is 5. The fourth-order valence-corrected chi connectivity index (χ4v) is 4.11. The first-order valence-electron chi connectivity index (χ1n) is 9.35. The van der Waals surface area contributed by atoms with Crippen molar-refractivity contribution in [3.05, 3.63) is 39.9 Å². The molecule has 1 aromatic carbocycles. The highest BCUT2D eigenvalue weighted by Gasteiger charge is 2.32. The number of nitro benzene ring substituents is 1. The Morgan fingerprint density at radius 3 is 2.50 bits per heavy atom. The van der Waals surface area contributed by atoms with Gasteiger partial charge >= 0.3 is 0 Å². The van der Waals surface area contributed by atoms with Gasteiger partial charge in [-0.15, -0.1) is 0 Å². The van der Waals surface area contributed by atoms with E-state index in [4.69, 9.17) is 0 Å². The summed E-state index contributed by atoms with van der Waals surface area (Å²) in [7, 11) is 0. The lowest BCUT2D eigenvalue weighted by Crippen LogP contribution is -2.45. The molecular formula is C19H25N3O4. The van der Waals surface area contributed by atoms with Crippen LogP contribution in [0.2, 0.25) is 0 Å². The minimum Gasteiger partial charge on any atom is -0.352 e. The highest BCUT2D eigenvalue weighted by Crippen LogP contribution is 2.36. The van der Waals surface area contributed by atoms with E-state index < -0.39 is 4.92 Å². The number of benzene rings is 1. The van der Waals surface area contributed by atoms with Crippen molar-refractivity contribution in [3.8, 4) is 0 Å². The quantitative estimate of drug-likeness (QED) is 0.646. The summed E-state index contributed by atoms with van der Waals surface area (Å²) >= 11 is 0. The summed E-state index contributed by atoms with van der Waals surface area (Å²) < 4.78 is 0. The normalized spacial score (nSPS) is 22.4. The summed E-state index contributed by atoms with van der Waals surface area (Å²) in [5.74, 6) is 1.21. The fraction of sp³-hybridized carbons (Fsp3) is 0.579. The smallest absolute Gasteiger partial charge is 0.269 e. The van der Waals surface area contributed by atoms with E-state index in [1.165, 1.54) is 49.9 Å². The first-order chi connectivity index (χ1) is 12.5. The molecule has 1 aliphatic heterocycles. The molecule has 0 spiro atoms. The number of likely N-dealkylation sites (tertiary alicyclic amines) is 1. The Morgan fingerprint density at radius 1 is 1.12 bits per heavy atom. The van der Waals surface area contributed by atoms with Crippen LogP contribution < -0.4 is 5.32 Å². The van der Waals surface area contributed by atoms with Gasteiger partial charge in [0.2, 0.25) is 5.91 Å². The van der Waals surface area contributed by atoms with Crippen LogP contribution in [0.3, 0.4) is 0 Å². The predicted octanol–water partition coefficient (Wildman–Crippen LogP) is 2.75. The van der Waals surface area contributed by atoms with Crippen LogP contribution in [0.25, 0.3) is 0 Å². The zero-order chi connectivity index (χ0) is 18.5. The second-order valence-corrected chi connectivity index (χ2v) is 7.24. The van der Waals surface area contributed by atoms with E-state index in [1.54, 1.807) is 0 Å². The van der Waals surface area contributed by atoms with Crippen molar-refractivity contribution >= 4 is 17.5 Å². The van der Waals surface area contributed by atoms with Gasteiger partial charge in [-0.3, -0.25) is 19.7 Å². The van der Waals surface area contributed by atoms with Crippen molar-refractivity contribution in [2.75, 3.05) is 19.6 Å². The molecule has 2 amide bonds. The molecule has 0 aromatic heterocycles. The average molecular weight is 359 g/mol. The Hall–Kier alpha value is -2.44. The SMILES string of the molecule is O=C(NCCC(=O)N1CC[C@H]2CCCC[C@@H]2C1)c1ccc([N+](=O)[O-])cc1. The summed E-state index contributed by atoms with van der Waals surface area (Å²) in [5, 5.41) is 13.3. The van der Waals surface area contributed by atoms with Gasteiger partial charge in [0.05, 0.1) is 4.92 Å². The maximum atomic E-state index is 12.4. The molecule has 0 bridgehead atoms. The lowest BCUT2D eigenvalue weighted by molar-refractivity contribution is -0.384. The van der Waals surface area contributed by atoms with Crippen LogP contribution in [0.4, 0.5) is 5.69 Å². The van der Waals surface area contributed by atoms with E-state index in [1.807, 2.05) is 4.90 Å². The van der Waals surface area contributed by atoms with Gasteiger partial charge in [-0.25, -0.2) is 0 Å². The monoisotopic (exact) mass is 359 g/mol. The van der Waals surface area contributed by atoms with E-state index >= 15 is 0 Å². The number of hydrogen-bond acceptors (Lipinski definition) is 4. The van der Waals surface area contributed by atoms with Gasteiger partial charge in [-0.1, -0.05) is 19.3 Å². The number of nitrogens with one attached hydrogen (secondary N) is 1. The lowest BCUT2D eigenvalue weighted by Gasteiger charge is -2.41. The number of carbonyl (C=O) groups is 2. The van der Waals surface area contributed by atoms with E-state index in [9.17, 15) is 19.7 Å². The number of non-ortho nitro benzene ring substituents is 1. The molecule has 140 valence electrons. The van der Waals surface area contributed by atoms with Gasteiger partial charge in [0, 0.05) is 43.8 Å². The molecule has 7 heteroatoms. The maximum absolute atomic E-state index is 12.4. The van der Waals surface area contributed by atoms with Gasteiger partial charge in [0.25, 0.3) is 11.6 Å². The minimum atomic E-state index is -0.504. The number of hydrogen-bond donors (Lipinski definition) is 1. The highest BCUT2D eigenvalue weighted by atomic mass is 16.6. The molecule has 1 aliphatic carbocycles. The first kappa shape index (κ1) is 18.4. The highest BCUT2D eigenvalue weighted by molar-refractivity contribution is 5.94. The van der Waals surface area contributed by atoms with Crippen LogP contribution in [-0.2, 0) is 4.79 Å². The zero-order valence-corrected chi connectivity index (χ0v) is 14.9. The molecule has 2 fully saturated rings.